The second-order valence-corrected chi connectivity index (χ2v) is 21.2. The number of allylic oxidation sites excluding steroid dienone is 6. The Hall–Kier alpha value is -4.14. The Balaban J connectivity index is 1.71. The highest BCUT2D eigenvalue weighted by Crippen LogP contribution is 2.38. The molecule has 2 unspecified atom stereocenters. The number of esters is 1. The molecule has 3 heterocycles. The predicted octanol–water partition coefficient (Wildman–Crippen LogP) is 5.92. The lowest BCUT2D eigenvalue weighted by atomic mass is 9.78. The molecule has 3 aliphatic heterocycles. The molecule has 2 saturated heterocycles. The molecule has 418 valence electrons. The number of hydrogen-bond acceptors (Lipinski definition) is 16. The van der Waals surface area contributed by atoms with Crippen molar-refractivity contribution in [1.29, 1.82) is 0 Å². The number of amides is 2. The minimum Gasteiger partial charge on any atom is -0.460 e. The van der Waals surface area contributed by atoms with Crippen molar-refractivity contribution in [3.63, 3.8) is 0 Å². The van der Waals surface area contributed by atoms with Gasteiger partial charge in [-0.25, -0.2) is 9.59 Å². The number of aliphatic hydroxyl groups excluding tert-OH is 2. The van der Waals surface area contributed by atoms with Crippen LogP contribution >= 0.6 is 0 Å². The molecule has 74 heavy (non-hydrogen) atoms. The standard InChI is InChI=1S/C56H88N2O16/c1-34-16-12-11-13-17-35(2)46(71-26-27-72-55(66)57-8)32-42-21-19-40(7)56(67,74-42)52(63)53(64)58-23-15-14-18-43(58)54(65)73-47(37(4)30-41-20-22-45(70-25-24-59)48(31-41)68-9)33-44(60)36(3)29-39(6)50(62)51(69-10)49(61)38(5)28-34/h11-13,16-17,29,34,36-38,40-43,45-48,50-51,59,62,67H,14-15,18-28,30-33H2,1-10H3,(H,57,66)/b13-11+,16-12+,35-17+,39-29+/t34-,36-,37-,38-,40-,41?,42+,43+,45-,46-,47?,48-,50-,51+,56-/m1/s1. The number of cyclic esters (lactones) is 1. The lowest BCUT2D eigenvalue weighted by Gasteiger charge is -2.43. The zero-order valence-electron chi connectivity index (χ0n) is 45.7. The van der Waals surface area contributed by atoms with Gasteiger partial charge in [0.2, 0.25) is 5.79 Å². The van der Waals surface area contributed by atoms with Crippen LogP contribution in [0.3, 0.4) is 0 Å². The number of ketones is 3. The number of aliphatic hydroxyl groups is 3. The van der Waals surface area contributed by atoms with E-state index in [1.54, 1.807) is 40.9 Å². The fraction of sp³-hybridized carbons (Fsp3) is 0.750. The molecule has 2 bridgehead atoms. The molecule has 18 nitrogen and oxygen atoms in total. The highest BCUT2D eigenvalue weighted by Gasteiger charge is 2.53. The van der Waals surface area contributed by atoms with Crippen LogP contribution in [-0.4, -0.2) is 164 Å². The number of alkyl carbamates (subject to hydrolysis) is 1. The molecule has 18 heteroatoms. The molecule has 0 aromatic heterocycles. The van der Waals surface area contributed by atoms with Crippen molar-refractivity contribution < 1.29 is 77.2 Å². The van der Waals surface area contributed by atoms with Crippen LogP contribution in [0.15, 0.2) is 47.6 Å². The van der Waals surface area contributed by atoms with Crippen molar-refractivity contribution in [1.82, 2.24) is 10.2 Å². The Morgan fingerprint density at radius 3 is 2.31 bits per heavy atom. The first-order chi connectivity index (χ1) is 35.2. The van der Waals surface area contributed by atoms with Gasteiger partial charge in [-0.2, -0.15) is 0 Å². The Labute approximate surface area is 438 Å². The number of nitrogens with zero attached hydrogens (tertiary/aromatic N) is 1. The Morgan fingerprint density at radius 2 is 1.62 bits per heavy atom. The molecule has 0 radical (unpaired) electrons. The van der Waals surface area contributed by atoms with Gasteiger partial charge >= 0.3 is 12.1 Å². The molecule has 3 fully saturated rings. The van der Waals surface area contributed by atoms with E-state index in [0.29, 0.717) is 56.9 Å². The van der Waals surface area contributed by atoms with Gasteiger partial charge in [0.25, 0.3) is 11.7 Å². The summed E-state index contributed by atoms with van der Waals surface area (Å²) in [7, 11) is 4.43. The van der Waals surface area contributed by atoms with Crippen molar-refractivity contribution in [3.8, 4) is 0 Å². The molecular weight excluding hydrogens is 957 g/mol. The first-order valence-corrected chi connectivity index (χ1v) is 26.8. The number of carbonyl (C=O) groups excluding carboxylic acids is 6. The Kier molecular flexibility index (Phi) is 25.8. The molecule has 4 aliphatic rings. The van der Waals surface area contributed by atoms with Gasteiger partial charge in [-0.15, -0.1) is 0 Å². The van der Waals surface area contributed by atoms with Crippen molar-refractivity contribution in [2.45, 2.75) is 180 Å². The monoisotopic (exact) mass is 1040 g/mol. The van der Waals surface area contributed by atoms with Gasteiger partial charge < -0.3 is 58.7 Å². The Morgan fingerprint density at radius 1 is 0.878 bits per heavy atom. The summed E-state index contributed by atoms with van der Waals surface area (Å²) in [4.78, 5) is 84.4. The summed E-state index contributed by atoms with van der Waals surface area (Å²) in [6, 6.07) is -1.19. The van der Waals surface area contributed by atoms with E-state index in [0.717, 1.165) is 12.0 Å². The van der Waals surface area contributed by atoms with Gasteiger partial charge in [-0.1, -0.05) is 71.1 Å². The van der Waals surface area contributed by atoms with E-state index in [1.807, 2.05) is 51.2 Å². The number of nitrogens with one attached hydrogen (secondary N) is 1. The highest BCUT2D eigenvalue weighted by molar-refractivity contribution is 6.39. The van der Waals surface area contributed by atoms with Crippen LogP contribution in [-0.2, 0) is 57.1 Å². The van der Waals surface area contributed by atoms with E-state index in [4.69, 9.17) is 33.2 Å². The second kappa shape index (κ2) is 30.6. The van der Waals surface area contributed by atoms with Gasteiger partial charge in [0.15, 0.2) is 5.78 Å². The maximum atomic E-state index is 14.6. The summed E-state index contributed by atoms with van der Waals surface area (Å²) >= 11 is 0. The van der Waals surface area contributed by atoms with Crippen molar-refractivity contribution in [2.75, 3.05) is 54.2 Å². The number of piperidine rings is 1. The third-order valence-electron chi connectivity index (χ3n) is 15.4. The van der Waals surface area contributed by atoms with E-state index in [2.05, 4.69) is 5.32 Å². The molecule has 4 N–H and O–H groups in total. The van der Waals surface area contributed by atoms with Gasteiger partial charge in [-0.05, 0) is 107 Å². The highest BCUT2D eigenvalue weighted by atomic mass is 16.6. The fourth-order valence-electron chi connectivity index (χ4n) is 10.8. The summed E-state index contributed by atoms with van der Waals surface area (Å²) < 4.78 is 41.2. The van der Waals surface area contributed by atoms with E-state index >= 15 is 0 Å². The molecule has 4 rings (SSSR count). The summed E-state index contributed by atoms with van der Waals surface area (Å²) in [5.41, 5.74) is 1.13. The number of ether oxygens (including phenoxy) is 7. The van der Waals surface area contributed by atoms with Crippen molar-refractivity contribution >= 4 is 35.3 Å². The molecule has 0 aromatic rings. The van der Waals surface area contributed by atoms with Crippen molar-refractivity contribution in [3.05, 3.63) is 47.6 Å². The Bertz CT molecular complexity index is 1990. The van der Waals surface area contributed by atoms with Crippen LogP contribution in [0.25, 0.3) is 0 Å². The zero-order valence-corrected chi connectivity index (χ0v) is 45.7. The summed E-state index contributed by atoms with van der Waals surface area (Å²) in [6.07, 6.45) is 10.2. The SMILES string of the molecule is CNC(=O)OCCO[C@@H]1C[C@@H]2CC[C@@H](C)[C@@](O)(O2)C(=O)C(=O)N2CCCC[C@H]2C(=O)OC([C@H](C)CC2CC[C@@H](OCCO)[C@H](OC)C2)CC(=O)[C@H](C)/C=C(\C)[C@@H](O)[C@@H](OC)C(=O)[C@H](C)C[C@H](C)/C=C/C=C/C=C/1C. The number of fused-ring (bicyclic) bond motifs is 3. The first-order valence-electron chi connectivity index (χ1n) is 26.8. The van der Waals surface area contributed by atoms with Crippen LogP contribution < -0.4 is 5.32 Å². The number of hydrogen-bond donors (Lipinski definition) is 4. The zero-order chi connectivity index (χ0) is 54.7. The second-order valence-electron chi connectivity index (χ2n) is 21.2. The van der Waals surface area contributed by atoms with E-state index in [-0.39, 0.29) is 93.8 Å². The van der Waals surface area contributed by atoms with Gasteiger partial charge in [0, 0.05) is 58.4 Å². The van der Waals surface area contributed by atoms with E-state index in [9.17, 15) is 44.1 Å². The number of carbonyl (C=O) groups is 6. The largest absolute Gasteiger partial charge is 0.460 e. The fourth-order valence-corrected chi connectivity index (χ4v) is 10.8. The average Bonchev–Trinajstić information content (AvgIpc) is 3.38. The minimum atomic E-state index is -2.52. The normalized spacial score (nSPS) is 36.8. The average molecular weight is 1050 g/mol. The first kappa shape index (κ1) is 62.4. The summed E-state index contributed by atoms with van der Waals surface area (Å²) in [6.45, 7) is 12.6. The lowest BCUT2D eigenvalue weighted by molar-refractivity contribution is -0.266. The van der Waals surface area contributed by atoms with Crippen LogP contribution in [0.5, 0.6) is 0 Å². The van der Waals surface area contributed by atoms with Crippen LogP contribution in [0.2, 0.25) is 0 Å². The van der Waals surface area contributed by atoms with Gasteiger partial charge in [0.1, 0.15) is 36.7 Å². The smallest absolute Gasteiger partial charge is 0.406 e. The van der Waals surface area contributed by atoms with Crippen LogP contribution in [0, 0.1) is 35.5 Å². The maximum Gasteiger partial charge on any atom is 0.406 e. The quantitative estimate of drug-likeness (QED) is 0.0767. The van der Waals surface area contributed by atoms with Gasteiger partial charge in [-0.3, -0.25) is 19.2 Å². The molecule has 15 atom stereocenters. The molecular formula is C56H88N2O16. The number of Topliss-reactive ketones (excluding diaryl/α,β-unsaturated/α-hetero) is 3. The number of methoxy groups -OCH3 is 2. The lowest BCUT2D eigenvalue weighted by Crippen LogP contribution is -2.61. The maximum absolute atomic E-state index is 14.6. The molecule has 1 saturated carbocycles. The minimum absolute atomic E-state index is 0.0268. The molecule has 1 aliphatic carbocycles. The third kappa shape index (κ3) is 17.7. The van der Waals surface area contributed by atoms with Crippen LogP contribution in [0.1, 0.15) is 126 Å². The summed E-state index contributed by atoms with van der Waals surface area (Å²) in [5, 5.41) is 35.4. The molecule has 0 aromatic carbocycles. The van der Waals surface area contributed by atoms with Crippen LogP contribution in [0.4, 0.5) is 4.79 Å². The van der Waals surface area contributed by atoms with E-state index in [1.165, 1.54) is 19.1 Å². The molecule has 2 amide bonds. The van der Waals surface area contributed by atoms with Gasteiger partial charge in [0.05, 0.1) is 44.2 Å². The molecule has 0 spiro atoms. The topological polar surface area (TPSA) is 243 Å². The third-order valence-corrected chi connectivity index (χ3v) is 15.4. The number of rotatable bonds is 12. The van der Waals surface area contributed by atoms with Crippen molar-refractivity contribution in [2.24, 2.45) is 35.5 Å². The summed E-state index contributed by atoms with van der Waals surface area (Å²) in [5.74, 6) is -8.46. The van der Waals surface area contributed by atoms with E-state index < -0.39 is 83.9 Å². The predicted molar refractivity (Wildman–Crippen MR) is 275 cm³/mol.